The number of nitrogens with one attached hydrogen (secondary N) is 2. The smallest absolute Gasteiger partial charge is 0.279 e. The third kappa shape index (κ3) is 6.18. The largest absolute Gasteiger partial charge is 0.383 e. The third-order valence-corrected chi connectivity index (χ3v) is 4.86. The van der Waals surface area contributed by atoms with Gasteiger partial charge in [-0.3, -0.25) is 0 Å². The summed E-state index contributed by atoms with van der Waals surface area (Å²) < 4.78 is 33.5. The maximum absolute atomic E-state index is 12.2. The highest BCUT2D eigenvalue weighted by Crippen LogP contribution is 2.10. The lowest BCUT2D eigenvalue weighted by atomic mass is 10.2. The number of nitrogens with zero attached hydrogens (tertiary/aromatic N) is 1. The van der Waals surface area contributed by atoms with Crippen molar-refractivity contribution < 1.29 is 13.2 Å². The summed E-state index contributed by atoms with van der Waals surface area (Å²) in [7, 11) is -1.83. The van der Waals surface area contributed by atoms with Gasteiger partial charge < -0.3 is 10.1 Å². The van der Waals surface area contributed by atoms with Gasteiger partial charge in [0.25, 0.3) is 10.2 Å². The SMILES string of the molecule is CCCCN(CC1CCCN1)S(=O)(=O)NCCOC. The molecular formula is C12H27N3O3S. The molecule has 0 aromatic rings. The molecular weight excluding hydrogens is 266 g/mol. The molecule has 0 spiro atoms. The molecule has 0 aromatic carbocycles. The van der Waals surface area contributed by atoms with Gasteiger partial charge in [-0.15, -0.1) is 0 Å². The molecule has 1 heterocycles. The lowest BCUT2D eigenvalue weighted by Crippen LogP contribution is -2.47. The average molecular weight is 293 g/mol. The molecule has 0 amide bonds. The van der Waals surface area contributed by atoms with Crippen LogP contribution in [0.5, 0.6) is 0 Å². The first kappa shape index (κ1) is 16.8. The zero-order valence-electron chi connectivity index (χ0n) is 12.0. The van der Waals surface area contributed by atoms with Gasteiger partial charge >= 0.3 is 0 Å². The molecule has 1 unspecified atom stereocenters. The van der Waals surface area contributed by atoms with E-state index in [9.17, 15) is 8.42 Å². The lowest BCUT2D eigenvalue weighted by molar-refractivity contribution is 0.203. The van der Waals surface area contributed by atoms with Crippen molar-refractivity contribution >= 4 is 10.2 Å². The topological polar surface area (TPSA) is 70.7 Å². The number of unbranched alkanes of at least 4 members (excludes halogenated alkanes) is 1. The van der Waals surface area contributed by atoms with Crippen molar-refractivity contribution in [2.75, 3.05) is 39.9 Å². The number of hydrogen-bond donors (Lipinski definition) is 2. The van der Waals surface area contributed by atoms with Crippen molar-refractivity contribution in [2.24, 2.45) is 0 Å². The molecule has 1 atom stereocenters. The Labute approximate surface area is 117 Å². The van der Waals surface area contributed by atoms with Gasteiger partial charge in [0.15, 0.2) is 0 Å². The van der Waals surface area contributed by atoms with Crippen LogP contribution in [-0.4, -0.2) is 58.7 Å². The van der Waals surface area contributed by atoms with Crippen LogP contribution in [0.25, 0.3) is 0 Å². The Morgan fingerprint density at radius 1 is 1.47 bits per heavy atom. The van der Waals surface area contributed by atoms with E-state index >= 15 is 0 Å². The van der Waals surface area contributed by atoms with Gasteiger partial charge in [0, 0.05) is 32.8 Å². The summed E-state index contributed by atoms with van der Waals surface area (Å²) in [4.78, 5) is 0. The number of methoxy groups -OCH3 is 1. The van der Waals surface area contributed by atoms with E-state index in [2.05, 4.69) is 17.0 Å². The zero-order chi connectivity index (χ0) is 14.1. The van der Waals surface area contributed by atoms with Gasteiger partial charge in [-0.05, 0) is 25.8 Å². The Bertz CT molecular complexity index is 329. The second-order valence-electron chi connectivity index (χ2n) is 4.90. The first-order valence-electron chi connectivity index (χ1n) is 7.07. The Morgan fingerprint density at radius 2 is 2.26 bits per heavy atom. The molecule has 0 bridgehead atoms. The van der Waals surface area contributed by atoms with Crippen LogP contribution in [0.4, 0.5) is 0 Å². The molecule has 7 heteroatoms. The van der Waals surface area contributed by atoms with E-state index < -0.39 is 10.2 Å². The highest BCUT2D eigenvalue weighted by molar-refractivity contribution is 7.87. The lowest BCUT2D eigenvalue weighted by Gasteiger charge is -2.25. The van der Waals surface area contributed by atoms with E-state index in [-0.39, 0.29) is 6.04 Å². The molecule has 1 aliphatic heterocycles. The van der Waals surface area contributed by atoms with E-state index in [0.717, 1.165) is 32.2 Å². The fraction of sp³-hybridized carbons (Fsp3) is 1.00. The zero-order valence-corrected chi connectivity index (χ0v) is 12.8. The van der Waals surface area contributed by atoms with E-state index in [1.165, 1.54) is 0 Å². The van der Waals surface area contributed by atoms with E-state index in [1.807, 2.05) is 0 Å². The van der Waals surface area contributed by atoms with Gasteiger partial charge in [-0.1, -0.05) is 13.3 Å². The van der Waals surface area contributed by atoms with Gasteiger partial charge in [-0.25, -0.2) is 0 Å². The fourth-order valence-electron chi connectivity index (χ4n) is 2.17. The Balaban J connectivity index is 2.54. The highest BCUT2D eigenvalue weighted by atomic mass is 32.2. The van der Waals surface area contributed by atoms with E-state index in [4.69, 9.17) is 4.74 Å². The third-order valence-electron chi connectivity index (χ3n) is 3.28. The monoisotopic (exact) mass is 293 g/mol. The summed E-state index contributed by atoms with van der Waals surface area (Å²) in [5, 5.41) is 3.34. The van der Waals surface area contributed by atoms with Gasteiger partial charge in [-0.2, -0.15) is 17.4 Å². The van der Waals surface area contributed by atoms with Crippen LogP contribution < -0.4 is 10.0 Å². The first-order valence-corrected chi connectivity index (χ1v) is 8.51. The van der Waals surface area contributed by atoms with Crippen molar-refractivity contribution in [3.8, 4) is 0 Å². The van der Waals surface area contributed by atoms with Crippen molar-refractivity contribution in [3.63, 3.8) is 0 Å². The Hall–Kier alpha value is -0.210. The molecule has 114 valence electrons. The molecule has 6 nitrogen and oxygen atoms in total. The molecule has 1 fully saturated rings. The summed E-state index contributed by atoms with van der Waals surface area (Å²) in [6, 6.07) is 0.288. The van der Waals surface area contributed by atoms with Crippen LogP contribution >= 0.6 is 0 Å². The van der Waals surface area contributed by atoms with E-state index in [0.29, 0.717) is 26.2 Å². The predicted molar refractivity (Wildman–Crippen MR) is 76.3 cm³/mol. The molecule has 0 aromatic heterocycles. The van der Waals surface area contributed by atoms with Crippen LogP contribution in [0.1, 0.15) is 32.6 Å². The normalized spacial score (nSPS) is 20.3. The minimum atomic E-state index is -3.39. The standard InChI is InChI=1S/C12H27N3O3S/c1-3-4-9-15(11-12-6-5-7-13-12)19(16,17)14-8-10-18-2/h12-14H,3-11H2,1-2H3. The van der Waals surface area contributed by atoms with Gasteiger partial charge in [0.05, 0.1) is 6.61 Å². The van der Waals surface area contributed by atoms with Crippen molar-refractivity contribution in [2.45, 2.75) is 38.6 Å². The van der Waals surface area contributed by atoms with Crippen LogP contribution in [0, 0.1) is 0 Å². The van der Waals surface area contributed by atoms with Crippen molar-refractivity contribution in [1.82, 2.24) is 14.3 Å². The first-order chi connectivity index (χ1) is 9.10. The average Bonchev–Trinajstić information content (AvgIpc) is 2.87. The summed E-state index contributed by atoms with van der Waals surface area (Å²) in [5.74, 6) is 0. The summed E-state index contributed by atoms with van der Waals surface area (Å²) in [6.07, 6.45) is 4.06. The molecule has 0 aliphatic carbocycles. The number of ether oxygens (including phenoxy) is 1. The maximum atomic E-state index is 12.2. The molecule has 1 saturated heterocycles. The Morgan fingerprint density at radius 3 is 2.84 bits per heavy atom. The molecule has 19 heavy (non-hydrogen) atoms. The second kappa shape index (κ2) is 8.86. The van der Waals surface area contributed by atoms with Crippen LogP contribution in [0.2, 0.25) is 0 Å². The van der Waals surface area contributed by atoms with Crippen LogP contribution in [-0.2, 0) is 14.9 Å². The van der Waals surface area contributed by atoms with Crippen LogP contribution in [0.3, 0.4) is 0 Å². The number of rotatable bonds is 10. The second-order valence-corrected chi connectivity index (χ2v) is 6.65. The molecule has 0 radical (unpaired) electrons. The minimum absolute atomic E-state index is 0.288. The molecule has 1 aliphatic rings. The maximum Gasteiger partial charge on any atom is 0.279 e. The summed E-state index contributed by atoms with van der Waals surface area (Å²) in [6.45, 7) is 4.90. The van der Waals surface area contributed by atoms with Crippen LogP contribution in [0.15, 0.2) is 0 Å². The highest BCUT2D eigenvalue weighted by Gasteiger charge is 2.25. The summed E-state index contributed by atoms with van der Waals surface area (Å²) in [5.41, 5.74) is 0. The van der Waals surface area contributed by atoms with E-state index in [1.54, 1.807) is 11.4 Å². The van der Waals surface area contributed by atoms with Crippen molar-refractivity contribution in [1.29, 1.82) is 0 Å². The molecule has 0 saturated carbocycles. The fourth-order valence-corrected chi connectivity index (χ4v) is 3.44. The predicted octanol–water partition coefficient (Wildman–Crippen LogP) is 0.321. The Kier molecular flexibility index (Phi) is 7.86. The summed E-state index contributed by atoms with van der Waals surface area (Å²) >= 11 is 0. The van der Waals surface area contributed by atoms with Crippen molar-refractivity contribution in [3.05, 3.63) is 0 Å². The molecule has 1 rings (SSSR count). The molecule has 2 N–H and O–H groups in total. The number of hydrogen-bond acceptors (Lipinski definition) is 4. The quantitative estimate of drug-likeness (QED) is 0.569. The van der Waals surface area contributed by atoms with Gasteiger partial charge in [0.2, 0.25) is 0 Å². The minimum Gasteiger partial charge on any atom is -0.383 e. The van der Waals surface area contributed by atoms with Gasteiger partial charge in [0.1, 0.15) is 0 Å².